The molecule has 0 aliphatic carbocycles. The van der Waals surface area contributed by atoms with Crippen molar-refractivity contribution in [3.8, 4) is 56.4 Å². The van der Waals surface area contributed by atoms with Crippen molar-refractivity contribution in [1.29, 1.82) is 0 Å². The number of rotatable bonds is 5. The zero-order valence-corrected chi connectivity index (χ0v) is 28.9. The SMILES string of the molecule is c1ccc(-c2nc(-c3ccc(-c4cc5c6cccc(-c7ccccc7)c6oc5c5ccccc45)cc3)nc(-c3ccc4oc5ccccc5c4c3)n2)cc1. The molecule has 0 radical (unpaired) electrons. The summed E-state index contributed by atoms with van der Waals surface area (Å²) in [6.45, 7) is 0. The lowest BCUT2D eigenvalue weighted by atomic mass is 9.94. The number of hydrogen-bond donors (Lipinski definition) is 0. The average Bonchev–Trinajstić information content (AvgIpc) is 3.82. The minimum Gasteiger partial charge on any atom is -0.456 e. The third kappa shape index (κ3) is 4.90. The van der Waals surface area contributed by atoms with Crippen LogP contribution in [0.25, 0.3) is 111 Å². The molecule has 5 heteroatoms. The van der Waals surface area contributed by atoms with Crippen molar-refractivity contribution in [2.75, 3.05) is 0 Å². The lowest BCUT2D eigenvalue weighted by Gasteiger charge is -2.11. The van der Waals surface area contributed by atoms with Crippen LogP contribution >= 0.6 is 0 Å². The van der Waals surface area contributed by atoms with Gasteiger partial charge in [0.15, 0.2) is 17.5 Å². The molecule has 0 aliphatic heterocycles. The van der Waals surface area contributed by atoms with Gasteiger partial charge in [-0.3, -0.25) is 0 Å². The van der Waals surface area contributed by atoms with Crippen molar-refractivity contribution in [2.24, 2.45) is 0 Å². The van der Waals surface area contributed by atoms with Gasteiger partial charge in [0.2, 0.25) is 0 Å². The molecule has 0 N–H and O–H groups in total. The van der Waals surface area contributed by atoms with Crippen LogP contribution < -0.4 is 0 Å². The van der Waals surface area contributed by atoms with Crippen molar-refractivity contribution in [1.82, 2.24) is 15.0 Å². The van der Waals surface area contributed by atoms with Gasteiger partial charge in [-0.2, -0.15) is 0 Å². The summed E-state index contributed by atoms with van der Waals surface area (Å²) in [4.78, 5) is 15.0. The van der Waals surface area contributed by atoms with Crippen molar-refractivity contribution >= 4 is 54.6 Å². The maximum absolute atomic E-state index is 6.73. The summed E-state index contributed by atoms with van der Waals surface area (Å²) in [5.74, 6) is 1.83. The van der Waals surface area contributed by atoms with Crippen LogP contribution in [0, 0.1) is 0 Å². The molecule has 0 fully saturated rings. The molecule has 3 heterocycles. The van der Waals surface area contributed by atoms with Crippen molar-refractivity contribution in [3.05, 3.63) is 176 Å². The second-order valence-electron chi connectivity index (χ2n) is 13.6. The molecule has 0 amide bonds. The highest BCUT2D eigenvalue weighted by atomic mass is 16.3. The number of nitrogens with zero attached hydrogens (tertiary/aromatic N) is 3. The van der Waals surface area contributed by atoms with Crippen LogP contribution in [0.1, 0.15) is 0 Å². The first-order valence-corrected chi connectivity index (χ1v) is 18.0. The monoisotopic (exact) mass is 691 g/mol. The fraction of sp³-hybridized carbons (Fsp3) is 0. The highest BCUT2D eigenvalue weighted by molar-refractivity contribution is 6.20. The Bertz CT molecular complexity index is 3200. The normalized spacial score (nSPS) is 11.7. The molecule has 8 aromatic carbocycles. The van der Waals surface area contributed by atoms with Crippen LogP contribution in [0.4, 0.5) is 0 Å². The van der Waals surface area contributed by atoms with Gasteiger partial charge in [-0.05, 0) is 52.4 Å². The predicted molar refractivity (Wildman–Crippen MR) is 219 cm³/mol. The van der Waals surface area contributed by atoms with Crippen molar-refractivity contribution in [2.45, 2.75) is 0 Å². The maximum Gasteiger partial charge on any atom is 0.164 e. The van der Waals surface area contributed by atoms with Gasteiger partial charge in [0.1, 0.15) is 22.3 Å². The third-order valence-electron chi connectivity index (χ3n) is 10.3. The van der Waals surface area contributed by atoms with Crippen molar-refractivity contribution < 1.29 is 8.83 Å². The molecule has 0 unspecified atom stereocenters. The molecule has 0 bridgehead atoms. The highest BCUT2D eigenvalue weighted by Crippen LogP contribution is 2.42. The summed E-state index contributed by atoms with van der Waals surface area (Å²) in [5, 5.41) is 6.51. The zero-order valence-electron chi connectivity index (χ0n) is 28.9. The van der Waals surface area contributed by atoms with Gasteiger partial charge in [0, 0.05) is 49.2 Å². The molecule has 11 aromatic rings. The van der Waals surface area contributed by atoms with Crippen LogP contribution in [-0.4, -0.2) is 15.0 Å². The van der Waals surface area contributed by atoms with Crippen LogP contribution in [0.3, 0.4) is 0 Å². The quantitative estimate of drug-likeness (QED) is 0.180. The van der Waals surface area contributed by atoms with Gasteiger partial charge in [-0.25, -0.2) is 15.0 Å². The van der Waals surface area contributed by atoms with E-state index >= 15 is 0 Å². The van der Waals surface area contributed by atoms with Gasteiger partial charge in [0.05, 0.1) is 0 Å². The fourth-order valence-corrected chi connectivity index (χ4v) is 7.72. The highest BCUT2D eigenvalue weighted by Gasteiger charge is 2.19. The summed E-state index contributed by atoms with van der Waals surface area (Å²) >= 11 is 0. The molecular formula is C49H29N3O2. The van der Waals surface area contributed by atoms with Gasteiger partial charge in [0.25, 0.3) is 0 Å². The Labute approximate surface area is 309 Å². The van der Waals surface area contributed by atoms with Gasteiger partial charge >= 0.3 is 0 Å². The molecule has 11 rings (SSSR count). The van der Waals surface area contributed by atoms with Gasteiger partial charge in [-0.15, -0.1) is 0 Å². The molecule has 5 nitrogen and oxygen atoms in total. The molecule has 0 atom stereocenters. The maximum atomic E-state index is 6.73. The molecule has 0 spiro atoms. The third-order valence-corrected chi connectivity index (χ3v) is 10.3. The Morgan fingerprint density at radius 1 is 0.278 bits per heavy atom. The summed E-state index contributed by atoms with van der Waals surface area (Å²) < 4.78 is 12.8. The number of hydrogen-bond acceptors (Lipinski definition) is 5. The Morgan fingerprint density at radius 2 is 0.796 bits per heavy atom. The standard InChI is InChI=1S/C49H29N3O2/c1-3-12-30(13-4-1)35-19-11-20-39-42-29-40(36-16-7-8-18-38(36)46(42)54-45(35)39)31-22-24-33(25-23-31)48-50-47(32-14-5-2-6-15-32)51-49(52-48)34-26-27-44-41(28-34)37-17-9-10-21-43(37)53-44/h1-29H. The lowest BCUT2D eigenvalue weighted by molar-refractivity contribution is 0.669. The fourth-order valence-electron chi connectivity index (χ4n) is 7.72. The summed E-state index contributed by atoms with van der Waals surface area (Å²) in [5.41, 5.74) is 10.7. The van der Waals surface area contributed by atoms with E-state index in [4.69, 9.17) is 23.8 Å². The predicted octanol–water partition coefficient (Wildman–Crippen LogP) is 13.2. The van der Waals surface area contributed by atoms with E-state index < -0.39 is 0 Å². The Morgan fingerprint density at radius 3 is 1.56 bits per heavy atom. The van der Waals surface area contributed by atoms with E-state index in [0.717, 1.165) is 93.6 Å². The van der Waals surface area contributed by atoms with E-state index in [2.05, 4.69) is 109 Å². The molecule has 3 aromatic heterocycles. The van der Waals surface area contributed by atoms with E-state index in [1.807, 2.05) is 66.7 Å². The van der Waals surface area contributed by atoms with Crippen LogP contribution in [0.15, 0.2) is 185 Å². The first-order chi connectivity index (χ1) is 26.7. The van der Waals surface area contributed by atoms with E-state index in [-0.39, 0.29) is 0 Å². The van der Waals surface area contributed by atoms with E-state index in [1.165, 1.54) is 0 Å². The number of para-hydroxylation sites is 2. The second-order valence-corrected chi connectivity index (χ2v) is 13.6. The van der Waals surface area contributed by atoms with Crippen molar-refractivity contribution in [3.63, 3.8) is 0 Å². The number of fused-ring (bicyclic) bond motifs is 8. The number of furan rings is 2. The van der Waals surface area contributed by atoms with Crippen LogP contribution in [-0.2, 0) is 0 Å². The summed E-state index contributed by atoms with van der Waals surface area (Å²) in [6, 6.07) is 60.4. The Kier molecular flexibility index (Phi) is 6.79. The molecule has 54 heavy (non-hydrogen) atoms. The first-order valence-electron chi connectivity index (χ1n) is 18.0. The van der Waals surface area contributed by atoms with Gasteiger partial charge < -0.3 is 8.83 Å². The molecule has 252 valence electrons. The van der Waals surface area contributed by atoms with E-state index in [9.17, 15) is 0 Å². The van der Waals surface area contributed by atoms with E-state index in [1.54, 1.807) is 0 Å². The number of aromatic nitrogens is 3. The zero-order chi connectivity index (χ0) is 35.6. The summed E-state index contributed by atoms with van der Waals surface area (Å²) in [7, 11) is 0. The Hall–Kier alpha value is -7.37. The lowest BCUT2D eigenvalue weighted by Crippen LogP contribution is -2.00. The van der Waals surface area contributed by atoms with Crippen LogP contribution in [0.5, 0.6) is 0 Å². The average molecular weight is 692 g/mol. The molecule has 0 saturated carbocycles. The summed E-state index contributed by atoms with van der Waals surface area (Å²) in [6.07, 6.45) is 0. The van der Waals surface area contributed by atoms with Gasteiger partial charge in [-0.1, -0.05) is 146 Å². The number of benzene rings is 8. The molecule has 0 saturated heterocycles. The smallest absolute Gasteiger partial charge is 0.164 e. The topological polar surface area (TPSA) is 65.0 Å². The van der Waals surface area contributed by atoms with E-state index in [0.29, 0.717) is 17.5 Å². The largest absolute Gasteiger partial charge is 0.456 e. The van der Waals surface area contributed by atoms with Crippen LogP contribution in [0.2, 0.25) is 0 Å². The minimum absolute atomic E-state index is 0.605. The minimum atomic E-state index is 0.605. The first kappa shape index (κ1) is 30.3. The molecular weight excluding hydrogens is 663 g/mol. The second kappa shape index (κ2) is 12.1. The molecule has 0 aliphatic rings. The Balaban J connectivity index is 1.05.